The van der Waals surface area contributed by atoms with Gasteiger partial charge in [0, 0.05) is 37.3 Å². The van der Waals surface area contributed by atoms with Crippen LogP contribution in [0.25, 0.3) is 11.3 Å². The van der Waals surface area contributed by atoms with Crippen molar-refractivity contribution in [3.05, 3.63) is 52.7 Å². The molecule has 2 heterocycles. The van der Waals surface area contributed by atoms with Crippen LogP contribution in [-0.2, 0) is 17.5 Å². The molecular weight excluding hydrogens is 528 g/mol. The summed E-state index contributed by atoms with van der Waals surface area (Å²) in [5.74, 6) is -1.61. The van der Waals surface area contributed by atoms with E-state index in [9.17, 15) is 27.5 Å². The number of aliphatic hydroxyl groups is 1. The average molecular weight is 565 g/mol. The lowest BCUT2D eigenvalue weighted by atomic mass is 9.89. The second kappa shape index (κ2) is 11.7. The zero-order valence-electron chi connectivity index (χ0n) is 23.2. The Morgan fingerprint density at radius 2 is 1.98 bits per heavy atom. The highest BCUT2D eigenvalue weighted by Gasteiger charge is 2.42. The van der Waals surface area contributed by atoms with E-state index in [0.717, 1.165) is 12.8 Å². The van der Waals surface area contributed by atoms with E-state index in [0.29, 0.717) is 42.6 Å². The molecule has 40 heavy (non-hydrogen) atoms. The topological polar surface area (TPSA) is 93.2 Å². The molecule has 3 aromatic rings. The van der Waals surface area contributed by atoms with E-state index in [1.54, 1.807) is 13.0 Å². The molecule has 1 aromatic carbocycles. The molecule has 1 atom stereocenters. The monoisotopic (exact) mass is 564 g/mol. The summed E-state index contributed by atoms with van der Waals surface area (Å²) in [5, 5.41) is 20.1. The predicted molar refractivity (Wildman–Crippen MR) is 142 cm³/mol. The summed E-state index contributed by atoms with van der Waals surface area (Å²) >= 11 is 0. The first-order valence-electron chi connectivity index (χ1n) is 13.6. The van der Waals surface area contributed by atoms with Crippen LogP contribution in [0.2, 0.25) is 0 Å². The van der Waals surface area contributed by atoms with Crippen LogP contribution in [0.5, 0.6) is 0 Å². The van der Waals surface area contributed by atoms with E-state index in [4.69, 9.17) is 4.52 Å². The van der Waals surface area contributed by atoms with E-state index in [1.807, 2.05) is 20.8 Å². The molecule has 7 nitrogen and oxygen atoms in total. The number of amides is 1. The van der Waals surface area contributed by atoms with Crippen LogP contribution in [-0.4, -0.2) is 32.6 Å². The predicted octanol–water partition coefficient (Wildman–Crippen LogP) is 7.20. The van der Waals surface area contributed by atoms with Crippen LogP contribution >= 0.6 is 0 Å². The fourth-order valence-corrected chi connectivity index (χ4v) is 4.75. The third-order valence-electron chi connectivity index (χ3n) is 7.04. The normalized spacial score (nSPS) is 14.9. The maximum Gasteiger partial charge on any atom is 0.435 e. The molecule has 0 bridgehead atoms. The van der Waals surface area contributed by atoms with Gasteiger partial charge in [0.15, 0.2) is 11.5 Å². The number of carbonyl (C=O) groups excluding carboxylic acids is 1. The van der Waals surface area contributed by atoms with Crippen LogP contribution in [0, 0.1) is 18.2 Å². The minimum atomic E-state index is -4.70. The van der Waals surface area contributed by atoms with E-state index in [1.165, 1.54) is 23.0 Å². The molecule has 2 aromatic heterocycles. The summed E-state index contributed by atoms with van der Waals surface area (Å²) in [6, 6.07) is 4.47. The number of anilines is 1. The molecule has 1 aliphatic carbocycles. The van der Waals surface area contributed by atoms with Crippen molar-refractivity contribution in [2.45, 2.75) is 90.8 Å². The van der Waals surface area contributed by atoms with Crippen LogP contribution in [0.3, 0.4) is 0 Å². The van der Waals surface area contributed by atoms with Crippen molar-refractivity contribution in [1.82, 2.24) is 14.9 Å². The summed E-state index contributed by atoms with van der Waals surface area (Å²) in [6.07, 6.45) is -0.601. The number of carbonyl (C=O) groups is 1. The van der Waals surface area contributed by atoms with Crippen molar-refractivity contribution >= 4 is 11.6 Å². The van der Waals surface area contributed by atoms with Gasteiger partial charge in [0.1, 0.15) is 5.82 Å². The standard InChI is InChI=1S/C29H36F4N4O3/c1-17-7-10-22(21(30)14-17)34-23(39)15-19(6-5-13-38)25-24(18-8-9-18)26(40-36-25)20-16-37(12-11-28(2,3)4)35-27(20)29(31,32)33/h7,10,14,16,18-19,38H,5-6,8-9,11-13,15H2,1-4H3,(H,34,39)/t19-/m0/s1. The third-order valence-corrected chi connectivity index (χ3v) is 7.04. The van der Waals surface area contributed by atoms with Gasteiger partial charge >= 0.3 is 6.18 Å². The lowest BCUT2D eigenvalue weighted by molar-refractivity contribution is -0.141. The van der Waals surface area contributed by atoms with E-state index < -0.39 is 29.5 Å². The van der Waals surface area contributed by atoms with Crippen LogP contribution in [0.15, 0.2) is 28.9 Å². The largest absolute Gasteiger partial charge is 0.435 e. The molecule has 1 fully saturated rings. The Morgan fingerprint density at radius 1 is 1.25 bits per heavy atom. The van der Waals surface area contributed by atoms with Gasteiger partial charge in [-0.1, -0.05) is 32.0 Å². The van der Waals surface area contributed by atoms with Gasteiger partial charge in [-0.2, -0.15) is 18.3 Å². The molecule has 218 valence electrons. The first-order valence-corrected chi connectivity index (χ1v) is 13.6. The van der Waals surface area contributed by atoms with Gasteiger partial charge < -0.3 is 14.9 Å². The summed E-state index contributed by atoms with van der Waals surface area (Å²) < 4.78 is 63.5. The zero-order chi connectivity index (χ0) is 29.2. The number of hydrogen-bond donors (Lipinski definition) is 2. The van der Waals surface area contributed by atoms with Gasteiger partial charge in [0.05, 0.1) is 16.9 Å². The molecule has 1 saturated carbocycles. The first-order chi connectivity index (χ1) is 18.8. The van der Waals surface area contributed by atoms with Crippen LogP contribution < -0.4 is 5.32 Å². The number of alkyl halides is 3. The van der Waals surface area contributed by atoms with Gasteiger partial charge in [-0.05, 0) is 68.1 Å². The SMILES string of the molecule is Cc1ccc(NC(=O)C[C@H](CCCO)c2noc(-c3cn(CCC(C)(C)C)nc3C(F)(F)F)c2C2CC2)c(F)c1. The molecule has 4 rings (SSSR count). The molecule has 0 saturated heterocycles. The number of aryl methyl sites for hydroxylation is 2. The van der Waals surface area contributed by atoms with Crippen molar-refractivity contribution < 1.29 is 32.0 Å². The number of benzene rings is 1. The maximum absolute atomic E-state index is 14.3. The van der Waals surface area contributed by atoms with E-state index in [-0.39, 0.29) is 41.4 Å². The van der Waals surface area contributed by atoms with Crippen LogP contribution in [0.1, 0.15) is 93.6 Å². The Hall–Kier alpha value is -3.21. The highest BCUT2D eigenvalue weighted by atomic mass is 19.4. The fourth-order valence-electron chi connectivity index (χ4n) is 4.75. The molecule has 0 radical (unpaired) electrons. The smallest absolute Gasteiger partial charge is 0.396 e. The summed E-state index contributed by atoms with van der Waals surface area (Å²) in [7, 11) is 0. The Kier molecular flexibility index (Phi) is 8.72. The second-order valence-corrected chi connectivity index (χ2v) is 11.8. The van der Waals surface area contributed by atoms with Crippen molar-refractivity contribution in [3.63, 3.8) is 0 Å². The minimum Gasteiger partial charge on any atom is -0.396 e. The Labute approximate surface area is 230 Å². The quantitative estimate of drug-likeness (QED) is 0.240. The van der Waals surface area contributed by atoms with Crippen LogP contribution in [0.4, 0.5) is 23.2 Å². The van der Waals surface area contributed by atoms with E-state index >= 15 is 0 Å². The number of halogens is 4. The molecule has 0 spiro atoms. The lowest BCUT2D eigenvalue weighted by Crippen LogP contribution is -2.18. The van der Waals surface area contributed by atoms with Gasteiger partial charge in [-0.25, -0.2) is 4.39 Å². The Balaban J connectivity index is 1.68. The number of nitrogens with zero attached hydrogens (tertiary/aromatic N) is 3. The number of nitrogens with one attached hydrogen (secondary N) is 1. The number of hydrogen-bond acceptors (Lipinski definition) is 5. The summed E-state index contributed by atoms with van der Waals surface area (Å²) in [4.78, 5) is 13.0. The highest BCUT2D eigenvalue weighted by molar-refractivity contribution is 5.91. The fraction of sp³-hybridized carbons (Fsp3) is 0.552. The Morgan fingerprint density at radius 3 is 2.58 bits per heavy atom. The molecular formula is C29H36F4N4O3. The second-order valence-electron chi connectivity index (χ2n) is 11.8. The zero-order valence-corrected chi connectivity index (χ0v) is 23.2. The molecule has 11 heteroatoms. The molecule has 1 aliphatic rings. The first kappa shape index (κ1) is 29.8. The van der Waals surface area contributed by atoms with Crippen molar-refractivity contribution in [1.29, 1.82) is 0 Å². The molecule has 0 unspecified atom stereocenters. The molecule has 0 aliphatic heterocycles. The van der Waals surface area contributed by atoms with Crippen molar-refractivity contribution in [3.8, 4) is 11.3 Å². The van der Waals surface area contributed by atoms with Crippen molar-refractivity contribution in [2.24, 2.45) is 5.41 Å². The molecule has 2 N–H and O–H groups in total. The minimum absolute atomic E-state index is 0.0193. The maximum atomic E-state index is 14.3. The number of rotatable bonds is 11. The van der Waals surface area contributed by atoms with E-state index in [2.05, 4.69) is 15.6 Å². The van der Waals surface area contributed by atoms with Gasteiger partial charge in [-0.3, -0.25) is 9.48 Å². The summed E-state index contributed by atoms with van der Waals surface area (Å²) in [5.41, 5.74) is 0.405. The lowest BCUT2D eigenvalue weighted by Gasteiger charge is -2.17. The molecule has 1 amide bonds. The third kappa shape index (κ3) is 7.30. The number of aromatic nitrogens is 3. The van der Waals surface area contributed by atoms with Gasteiger partial charge in [0.25, 0.3) is 0 Å². The van der Waals surface area contributed by atoms with Crippen molar-refractivity contribution in [2.75, 3.05) is 11.9 Å². The highest BCUT2D eigenvalue weighted by Crippen LogP contribution is 2.50. The van der Waals surface area contributed by atoms with Gasteiger partial charge in [-0.15, -0.1) is 0 Å². The van der Waals surface area contributed by atoms with Gasteiger partial charge in [0.2, 0.25) is 5.91 Å². The average Bonchev–Trinajstić information content (AvgIpc) is 3.43. The summed E-state index contributed by atoms with van der Waals surface area (Å²) in [6.45, 7) is 7.93. The number of aliphatic hydroxyl groups excluding tert-OH is 1. The Bertz CT molecular complexity index is 1340.